The van der Waals surface area contributed by atoms with Crippen LogP contribution in [0.5, 0.6) is 17.2 Å². The zero-order valence-electron chi connectivity index (χ0n) is 14.9. The van der Waals surface area contributed by atoms with E-state index < -0.39 is 12.3 Å². The molecule has 0 N–H and O–H groups in total. The van der Waals surface area contributed by atoms with Crippen LogP contribution in [0.2, 0.25) is 0 Å². The Morgan fingerprint density at radius 3 is 2.38 bits per heavy atom. The summed E-state index contributed by atoms with van der Waals surface area (Å²) < 4.78 is 21.9. The molecule has 0 saturated heterocycles. The van der Waals surface area contributed by atoms with Gasteiger partial charge in [0, 0.05) is 29.9 Å². The minimum absolute atomic E-state index is 0.333. The molecule has 0 fully saturated rings. The second-order valence-corrected chi connectivity index (χ2v) is 5.88. The maximum Gasteiger partial charge on any atom is 0.338 e. The number of hydrogen-bond acceptors (Lipinski definition) is 5. The Balaban J connectivity index is 1.93. The molecule has 0 radical (unpaired) electrons. The average molecular weight is 352 g/mol. The van der Waals surface area contributed by atoms with Gasteiger partial charge in [0.15, 0.2) is 0 Å². The van der Waals surface area contributed by atoms with Crippen LogP contribution in [0.4, 0.5) is 0 Å². The summed E-state index contributed by atoms with van der Waals surface area (Å²) in [6, 6.07) is 12.9. The minimum Gasteiger partial charge on any atom is -0.497 e. The lowest BCUT2D eigenvalue weighted by molar-refractivity contribution is -0.130. The van der Waals surface area contributed by atoms with Gasteiger partial charge in [0.2, 0.25) is 6.29 Å². The molecule has 1 atom stereocenters. The van der Waals surface area contributed by atoms with E-state index in [4.69, 9.17) is 18.9 Å². The van der Waals surface area contributed by atoms with Gasteiger partial charge in [-0.15, -0.1) is 0 Å². The minimum atomic E-state index is -0.567. The summed E-state index contributed by atoms with van der Waals surface area (Å²) in [5.74, 6) is 1.29. The summed E-state index contributed by atoms with van der Waals surface area (Å²) in [6.45, 7) is 5.17. The first kappa shape index (κ1) is 17.8. The van der Waals surface area contributed by atoms with Gasteiger partial charge >= 0.3 is 5.97 Å². The van der Waals surface area contributed by atoms with Gasteiger partial charge in [0.25, 0.3) is 0 Å². The topological polar surface area (TPSA) is 54.0 Å². The van der Waals surface area contributed by atoms with Crippen molar-refractivity contribution < 1.29 is 23.7 Å². The van der Waals surface area contributed by atoms with E-state index in [-0.39, 0.29) is 0 Å². The molecular weight excluding hydrogens is 332 g/mol. The SMILES string of the molecule is C=C(C)C(=O)Oc1ccc2c(c1)OC(OC)C(c1ccc(OC)cc1)=C2. The molecule has 0 spiro atoms. The fourth-order valence-corrected chi connectivity index (χ4v) is 2.59. The lowest BCUT2D eigenvalue weighted by atomic mass is 9.99. The second kappa shape index (κ2) is 7.45. The standard InChI is InChI=1S/C21H20O5/c1-13(2)20(22)25-17-10-7-15-11-18(21(24-4)26-19(15)12-17)14-5-8-16(23-3)9-6-14/h5-12,21H,1H2,2-4H3. The van der Waals surface area contributed by atoms with Gasteiger partial charge in [-0.3, -0.25) is 0 Å². The van der Waals surface area contributed by atoms with Crippen molar-refractivity contribution in [1.82, 2.24) is 0 Å². The Morgan fingerprint density at radius 1 is 1.08 bits per heavy atom. The molecule has 5 nitrogen and oxygen atoms in total. The number of rotatable bonds is 5. The summed E-state index contributed by atoms with van der Waals surface area (Å²) >= 11 is 0. The van der Waals surface area contributed by atoms with Crippen molar-refractivity contribution in [2.24, 2.45) is 0 Å². The van der Waals surface area contributed by atoms with Crippen molar-refractivity contribution in [3.05, 3.63) is 65.7 Å². The molecule has 0 saturated carbocycles. The fourth-order valence-electron chi connectivity index (χ4n) is 2.59. The van der Waals surface area contributed by atoms with E-state index >= 15 is 0 Å². The molecule has 1 aliphatic heterocycles. The van der Waals surface area contributed by atoms with Gasteiger partial charge in [-0.2, -0.15) is 0 Å². The van der Waals surface area contributed by atoms with E-state index in [2.05, 4.69) is 6.58 Å². The zero-order chi connectivity index (χ0) is 18.7. The van der Waals surface area contributed by atoms with E-state index in [0.29, 0.717) is 17.1 Å². The number of hydrogen-bond donors (Lipinski definition) is 0. The first-order chi connectivity index (χ1) is 12.5. The van der Waals surface area contributed by atoms with Crippen molar-refractivity contribution in [2.45, 2.75) is 13.2 Å². The second-order valence-electron chi connectivity index (χ2n) is 5.88. The highest BCUT2D eigenvalue weighted by atomic mass is 16.7. The third-order valence-corrected chi connectivity index (χ3v) is 3.98. The molecule has 2 aromatic rings. The number of carbonyl (C=O) groups is 1. The van der Waals surface area contributed by atoms with Crippen LogP contribution in [0.25, 0.3) is 11.6 Å². The number of benzene rings is 2. The normalized spacial score (nSPS) is 15.3. The van der Waals surface area contributed by atoms with Gasteiger partial charge in [-0.05, 0) is 42.8 Å². The molecule has 2 aromatic carbocycles. The highest BCUT2D eigenvalue weighted by Gasteiger charge is 2.24. The molecule has 5 heteroatoms. The van der Waals surface area contributed by atoms with E-state index in [1.807, 2.05) is 36.4 Å². The molecule has 0 aliphatic carbocycles. The van der Waals surface area contributed by atoms with Crippen LogP contribution >= 0.6 is 0 Å². The Kier molecular flexibility index (Phi) is 5.09. The number of methoxy groups -OCH3 is 2. The van der Waals surface area contributed by atoms with Gasteiger partial charge in [0.1, 0.15) is 17.2 Å². The molecule has 1 aliphatic rings. The van der Waals surface area contributed by atoms with Gasteiger partial charge in [-0.1, -0.05) is 18.7 Å². The molecule has 0 aromatic heterocycles. The van der Waals surface area contributed by atoms with E-state index in [0.717, 1.165) is 22.4 Å². The van der Waals surface area contributed by atoms with Crippen molar-refractivity contribution in [2.75, 3.05) is 14.2 Å². The number of esters is 1. The molecule has 0 bridgehead atoms. The highest BCUT2D eigenvalue weighted by molar-refractivity contribution is 5.89. The Bertz CT molecular complexity index is 864. The van der Waals surface area contributed by atoms with Crippen LogP contribution in [0.1, 0.15) is 18.1 Å². The van der Waals surface area contributed by atoms with Crippen LogP contribution in [0, 0.1) is 0 Å². The average Bonchev–Trinajstić information content (AvgIpc) is 2.66. The van der Waals surface area contributed by atoms with Crippen LogP contribution < -0.4 is 14.2 Å². The van der Waals surface area contributed by atoms with Crippen molar-refractivity contribution in [1.29, 1.82) is 0 Å². The Labute approximate surface area is 152 Å². The van der Waals surface area contributed by atoms with Crippen LogP contribution in [0.15, 0.2) is 54.6 Å². The molecule has 134 valence electrons. The summed E-state index contributed by atoms with van der Waals surface area (Å²) in [7, 11) is 3.21. The molecule has 1 heterocycles. The number of ether oxygens (including phenoxy) is 4. The van der Waals surface area contributed by atoms with Crippen molar-refractivity contribution >= 4 is 17.6 Å². The highest BCUT2D eigenvalue weighted by Crippen LogP contribution is 2.37. The summed E-state index contributed by atoms with van der Waals surface area (Å²) in [5.41, 5.74) is 3.08. The maximum atomic E-state index is 11.7. The number of fused-ring (bicyclic) bond motifs is 1. The van der Waals surface area contributed by atoms with Gasteiger partial charge < -0.3 is 18.9 Å². The lowest BCUT2D eigenvalue weighted by Crippen LogP contribution is -2.23. The first-order valence-electron chi connectivity index (χ1n) is 8.09. The van der Waals surface area contributed by atoms with Crippen LogP contribution in [-0.2, 0) is 9.53 Å². The lowest BCUT2D eigenvalue weighted by Gasteiger charge is -2.26. The van der Waals surface area contributed by atoms with E-state index in [9.17, 15) is 4.79 Å². The molecule has 3 rings (SSSR count). The largest absolute Gasteiger partial charge is 0.497 e. The Hall–Kier alpha value is -3.05. The monoisotopic (exact) mass is 352 g/mol. The van der Waals surface area contributed by atoms with Crippen molar-refractivity contribution in [3.63, 3.8) is 0 Å². The Morgan fingerprint density at radius 2 is 1.77 bits per heavy atom. The zero-order valence-corrected chi connectivity index (χ0v) is 14.9. The summed E-state index contributed by atoms with van der Waals surface area (Å²) in [5, 5.41) is 0. The quantitative estimate of drug-likeness (QED) is 0.461. The molecule has 0 amide bonds. The summed E-state index contributed by atoms with van der Waals surface area (Å²) in [6.07, 6.45) is 1.43. The molecule has 26 heavy (non-hydrogen) atoms. The third kappa shape index (κ3) is 3.63. The van der Waals surface area contributed by atoms with Crippen LogP contribution in [-0.4, -0.2) is 26.5 Å². The van der Waals surface area contributed by atoms with Gasteiger partial charge in [-0.25, -0.2) is 4.79 Å². The first-order valence-corrected chi connectivity index (χ1v) is 8.09. The predicted octanol–water partition coefficient (Wildman–Crippen LogP) is 4.08. The van der Waals surface area contributed by atoms with Gasteiger partial charge in [0.05, 0.1) is 7.11 Å². The third-order valence-electron chi connectivity index (χ3n) is 3.98. The fraction of sp³-hybridized carbons (Fsp3) is 0.190. The predicted molar refractivity (Wildman–Crippen MR) is 99.2 cm³/mol. The van der Waals surface area contributed by atoms with Crippen LogP contribution in [0.3, 0.4) is 0 Å². The molecule has 1 unspecified atom stereocenters. The van der Waals surface area contributed by atoms with E-state index in [1.165, 1.54) is 0 Å². The summed E-state index contributed by atoms with van der Waals surface area (Å²) in [4.78, 5) is 11.7. The smallest absolute Gasteiger partial charge is 0.338 e. The number of carbonyl (C=O) groups excluding carboxylic acids is 1. The van der Waals surface area contributed by atoms with E-state index in [1.54, 1.807) is 33.3 Å². The molecular formula is C21H20O5. The van der Waals surface area contributed by atoms with Crippen molar-refractivity contribution in [3.8, 4) is 17.2 Å². The maximum absolute atomic E-state index is 11.7.